The van der Waals surface area contributed by atoms with Gasteiger partial charge in [-0.15, -0.1) is 0 Å². The van der Waals surface area contributed by atoms with Gasteiger partial charge < -0.3 is 20.3 Å². The molecule has 34 heavy (non-hydrogen) atoms. The lowest BCUT2D eigenvalue weighted by molar-refractivity contribution is -0.143. The summed E-state index contributed by atoms with van der Waals surface area (Å²) in [5, 5.41) is 5.19. The fourth-order valence-corrected chi connectivity index (χ4v) is 5.16. The van der Waals surface area contributed by atoms with Crippen molar-refractivity contribution in [1.29, 1.82) is 0 Å². The third kappa shape index (κ3) is 3.48. The van der Waals surface area contributed by atoms with E-state index in [0.717, 1.165) is 22.4 Å². The van der Waals surface area contributed by atoms with Crippen molar-refractivity contribution >= 4 is 29.6 Å². The number of fused-ring (bicyclic) bond motifs is 3. The third-order valence-corrected chi connectivity index (χ3v) is 6.96. The number of nitrogens with zero attached hydrogens (tertiary/aromatic N) is 2. The molecule has 0 radical (unpaired) electrons. The van der Waals surface area contributed by atoms with E-state index in [9.17, 15) is 19.2 Å². The molecule has 9 heteroatoms. The van der Waals surface area contributed by atoms with Crippen molar-refractivity contribution in [2.45, 2.75) is 44.4 Å². The maximum Gasteiger partial charge on any atom is 0.418 e. The minimum absolute atomic E-state index is 0.0384. The number of nitrogens with one attached hydrogen (secondary N) is 2. The predicted molar refractivity (Wildman–Crippen MR) is 123 cm³/mol. The lowest BCUT2D eigenvalue weighted by Crippen LogP contribution is -2.49. The summed E-state index contributed by atoms with van der Waals surface area (Å²) in [6.45, 7) is 2.07. The van der Waals surface area contributed by atoms with E-state index in [1.165, 1.54) is 12.6 Å². The standard InChI is InChI=1S/C25H26N4O5/c1-15-11-16-5-3-4-6-18(16)13-28(15)21(30)14-29-22(31)25(34-24(29)33)10-9-17-12-19(7-8-20(17)25)27-23(32)26-2/h3-8,12,15H,9-11,13-14H2,1-2H3,(H2,26,27,32). The van der Waals surface area contributed by atoms with Crippen LogP contribution in [0.5, 0.6) is 0 Å². The summed E-state index contributed by atoms with van der Waals surface area (Å²) in [6, 6.07) is 12.7. The number of carbonyl (C=O) groups is 4. The van der Waals surface area contributed by atoms with Gasteiger partial charge in [-0.1, -0.05) is 30.3 Å². The van der Waals surface area contributed by atoms with Crippen LogP contribution in [-0.4, -0.2) is 53.4 Å². The van der Waals surface area contributed by atoms with Gasteiger partial charge in [0, 0.05) is 37.3 Å². The van der Waals surface area contributed by atoms with Crippen LogP contribution in [0.4, 0.5) is 15.3 Å². The number of hydrogen-bond donors (Lipinski definition) is 2. The van der Waals surface area contributed by atoms with Gasteiger partial charge in [0.05, 0.1) is 0 Å². The average molecular weight is 463 g/mol. The Balaban J connectivity index is 1.34. The molecule has 5 amide bonds. The number of carbonyl (C=O) groups excluding carboxylic acids is 4. The molecule has 2 unspecified atom stereocenters. The number of aryl methyl sites for hydroxylation is 1. The van der Waals surface area contributed by atoms with E-state index in [4.69, 9.17) is 4.74 Å². The lowest BCUT2D eigenvalue weighted by Gasteiger charge is -2.35. The Kier molecular flexibility index (Phi) is 5.27. The first-order valence-electron chi connectivity index (χ1n) is 11.4. The van der Waals surface area contributed by atoms with Crippen LogP contribution < -0.4 is 10.6 Å². The molecule has 1 spiro atoms. The highest BCUT2D eigenvalue weighted by Crippen LogP contribution is 2.46. The number of anilines is 1. The van der Waals surface area contributed by atoms with E-state index in [1.807, 2.05) is 25.1 Å². The Morgan fingerprint density at radius 3 is 2.65 bits per heavy atom. The molecule has 9 nitrogen and oxygen atoms in total. The van der Waals surface area contributed by atoms with Gasteiger partial charge in [-0.05, 0) is 48.6 Å². The molecule has 1 aliphatic carbocycles. The molecular weight excluding hydrogens is 436 g/mol. The van der Waals surface area contributed by atoms with Crippen LogP contribution in [0.25, 0.3) is 0 Å². The summed E-state index contributed by atoms with van der Waals surface area (Å²) in [6.07, 6.45) is 0.738. The highest BCUT2D eigenvalue weighted by molar-refractivity contribution is 6.06. The Morgan fingerprint density at radius 1 is 1.12 bits per heavy atom. The van der Waals surface area contributed by atoms with Gasteiger partial charge in [-0.2, -0.15) is 0 Å². The first-order chi connectivity index (χ1) is 16.3. The van der Waals surface area contributed by atoms with Crippen LogP contribution in [0.3, 0.4) is 0 Å². The summed E-state index contributed by atoms with van der Waals surface area (Å²) in [7, 11) is 1.52. The summed E-state index contributed by atoms with van der Waals surface area (Å²) in [5.74, 6) is -0.797. The number of rotatable bonds is 3. The van der Waals surface area contributed by atoms with Crippen molar-refractivity contribution in [2.75, 3.05) is 18.9 Å². The van der Waals surface area contributed by atoms with Crippen LogP contribution in [0.15, 0.2) is 42.5 Å². The molecule has 0 saturated carbocycles. The highest BCUT2D eigenvalue weighted by Gasteiger charge is 2.58. The van der Waals surface area contributed by atoms with Gasteiger partial charge in [-0.3, -0.25) is 9.59 Å². The zero-order chi connectivity index (χ0) is 24.0. The van der Waals surface area contributed by atoms with Crippen LogP contribution in [0, 0.1) is 0 Å². The summed E-state index contributed by atoms with van der Waals surface area (Å²) in [5.41, 5.74) is 2.87. The van der Waals surface area contributed by atoms with Crippen LogP contribution in [0.2, 0.25) is 0 Å². The van der Waals surface area contributed by atoms with Gasteiger partial charge in [0.25, 0.3) is 5.91 Å². The molecule has 176 valence electrons. The van der Waals surface area contributed by atoms with Crippen molar-refractivity contribution < 1.29 is 23.9 Å². The molecule has 0 bridgehead atoms. The molecule has 2 aromatic carbocycles. The van der Waals surface area contributed by atoms with Crippen molar-refractivity contribution in [2.24, 2.45) is 0 Å². The molecule has 5 rings (SSSR count). The molecule has 2 atom stereocenters. The number of ether oxygens (including phenoxy) is 1. The molecule has 0 aromatic heterocycles. The second-order valence-electron chi connectivity index (χ2n) is 9.01. The number of imide groups is 1. The third-order valence-electron chi connectivity index (χ3n) is 6.96. The molecule has 2 aromatic rings. The second kappa shape index (κ2) is 8.16. The zero-order valence-electron chi connectivity index (χ0n) is 19.1. The molecule has 1 fully saturated rings. The van der Waals surface area contributed by atoms with E-state index in [2.05, 4.69) is 16.7 Å². The van der Waals surface area contributed by atoms with E-state index < -0.39 is 17.6 Å². The first-order valence-corrected chi connectivity index (χ1v) is 11.4. The molecule has 2 N–H and O–H groups in total. The van der Waals surface area contributed by atoms with Gasteiger partial charge in [0.15, 0.2) is 0 Å². The van der Waals surface area contributed by atoms with Gasteiger partial charge in [0.2, 0.25) is 11.5 Å². The van der Waals surface area contributed by atoms with Crippen molar-refractivity contribution in [3.8, 4) is 0 Å². The minimum Gasteiger partial charge on any atom is -0.427 e. The Hall–Kier alpha value is -3.88. The van der Waals surface area contributed by atoms with Crippen molar-refractivity contribution in [3.05, 3.63) is 64.7 Å². The van der Waals surface area contributed by atoms with Gasteiger partial charge >= 0.3 is 12.1 Å². The van der Waals surface area contributed by atoms with Gasteiger partial charge in [0.1, 0.15) is 6.54 Å². The van der Waals surface area contributed by atoms with E-state index in [-0.39, 0.29) is 24.5 Å². The van der Waals surface area contributed by atoms with Gasteiger partial charge in [-0.25, -0.2) is 14.5 Å². The van der Waals surface area contributed by atoms with E-state index in [1.54, 1.807) is 23.1 Å². The average Bonchev–Trinajstić information content (AvgIpc) is 3.30. The minimum atomic E-state index is -1.42. The number of urea groups is 1. The van der Waals surface area contributed by atoms with Crippen molar-refractivity contribution in [3.63, 3.8) is 0 Å². The largest absolute Gasteiger partial charge is 0.427 e. The smallest absolute Gasteiger partial charge is 0.418 e. The van der Waals surface area contributed by atoms with Crippen LogP contribution >= 0.6 is 0 Å². The fourth-order valence-electron chi connectivity index (χ4n) is 5.16. The topological polar surface area (TPSA) is 108 Å². The summed E-state index contributed by atoms with van der Waals surface area (Å²) >= 11 is 0. The fraction of sp³-hybridized carbons (Fsp3) is 0.360. The molecule has 2 heterocycles. The Bertz CT molecular complexity index is 1210. The maximum absolute atomic E-state index is 13.4. The molecule has 1 saturated heterocycles. The Morgan fingerprint density at radius 2 is 1.88 bits per heavy atom. The zero-order valence-corrected chi connectivity index (χ0v) is 19.1. The lowest BCUT2D eigenvalue weighted by atomic mass is 9.94. The van der Waals surface area contributed by atoms with Crippen molar-refractivity contribution in [1.82, 2.24) is 15.1 Å². The summed E-state index contributed by atoms with van der Waals surface area (Å²) < 4.78 is 5.64. The monoisotopic (exact) mass is 462 g/mol. The van der Waals surface area contributed by atoms with E-state index in [0.29, 0.717) is 30.6 Å². The molecular formula is C25H26N4O5. The normalized spacial score (nSPS) is 22.9. The second-order valence-corrected chi connectivity index (χ2v) is 9.01. The number of benzene rings is 2. The first kappa shape index (κ1) is 21.9. The maximum atomic E-state index is 13.4. The van der Waals surface area contributed by atoms with E-state index >= 15 is 0 Å². The summed E-state index contributed by atoms with van der Waals surface area (Å²) in [4.78, 5) is 53.6. The quantitative estimate of drug-likeness (QED) is 0.729. The predicted octanol–water partition coefficient (Wildman–Crippen LogP) is 2.53. The SMILES string of the molecule is CNC(=O)Nc1ccc2c(c1)CCC21OC(=O)N(CC(=O)N2Cc3ccccc3CC2C)C1=O. The molecule has 3 aliphatic rings. The number of hydrogen-bond acceptors (Lipinski definition) is 5. The number of amides is 5. The highest BCUT2D eigenvalue weighted by atomic mass is 16.6. The molecule has 2 aliphatic heterocycles. The van der Waals surface area contributed by atoms with Crippen LogP contribution in [-0.2, 0) is 39.3 Å². The Labute approximate surface area is 197 Å². The van der Waals surface area contributed by atoms with Crippen LogP contribution in [0.1, 0.15) is 35.6 Å².